The van der Waals surface area contributed by atoms with Gasteiger partial charge in [-0.3, -0.25) is 14.6 Å². The van der Waals surface area contributed by atoms with Gasteiger partial charge >= 0.3 is 0 Å². The van der Waals surface area contributed by atoms with Crippen LogP contribution in [-0.2, 0) is 0 Å². The fourth-order valence-electron chi connectivity index (χ4n) is 3.10. The first-order valence-corrected chi connectivity index (χ1v) is 8.76. The van der Waals surface area contributed by atoms with Crippen molar-refractivity contribution < 1.29 is 4.79 Å². The van der Waals surface area contributed by atoms with Crippen LogP contribution in [0.4, 0.5) is 0 Å². The van der Waals surface area contributed by atoms with Crippen molar-refractivity contribution in [3.05, 3.63) is 46.5 Å². The highest BCUT2D eigenvalue weighted by Gasteiger charge is 2.14. The van der Waals surface area contributed by atoms with Crippen LogP contribution >= 0.6 is 0 Å². The van der Waals surface area contributed by atoms with Gasteiger partial charge in [-0.1, -0.05) is 19.3 Å². The molecule has 2 aromatic rings. The van der Waals surface area contributed by atoms with E-state index in [1.807, 2.05) is 0 Å². The highest BCUT2D eigenvalue weighted by atomic mass is 16.2. The molecule has 0 atom stereocenters. The maximum absolute atomic E-state index is 12.3. The Balaban J connectivity index is 1.57. The van der Waals surface area contributed by atoms with Gasteiger partial charge in [-0.05, 0) is 31.0 Å². The van der Waals surface area contributed by atoms with Crippen molar-refractivity contribution in [3.8, 4) is 11.3 Å². The molecule has 7 nitrogen and oxygen atoms in total. The lowest BCUT2D eigenvalue weighted by atomic mass is 9.95. The fourth-order valence-corrected chi connectivity index (χ4v) is 3.10. The molecule has 1 fully saturated rings. The summed E-state index contributed by atoms with van der Waals surface area (Å²) in [5.74, 6) is -0.385. The van der Waals surface area contributed by atoms with Gasteiger partial charge < -0.3 is 10.6 Å². The zero-order chi connectivity index (χ0) is 17.5. The lowest BCUT2D eigenvalue weighted by Crippen LogP contribution is -2.39. The molecule has 25 heavy (non-hydrogen) atoms. The van der Waals surface area contributed by atoms with Crippen LogP contribution in [-0.4, -0.2) is 40.2 Å². The SMILES string of the molecule is O=C(NCCNC1CCCCC1)c1cc(-c2ccncc2)n[nH]c1=O. The average molecular weight is 341 g/mol. The quantitative estimate of drug-likeness (QED) is 0.691. The molecule has 3 rings (SSSR count). The third kappa shape index (κ3) is 4.73. The molecule has 0 aromatic carbocycles. The predicted octanol–water partition coefficient (Wildman–Crippen LogP) is 1.48. The standard InChI is InChI=1S/C18H23N5O2/c24-17(21-11-10-20-14-4-2-1-3-5-14)15-12-16(22-23-18(15)25)13-6-8-19-9-7-13/h6-9,12,14,20H,1-5,10-11H2,(H,21,24)(H,23,25). The maximum Gasteiger partial charge on any atom is 0.277 e. The van der Waals surface area contributed by atoms with Crippen molar-refractivity contribution in [2.24, 2.45) is 0 Å². The number of aromatic nitrogens is 3. The number of hydrogen-bond donors (Lipinski definition) is 3. The number of carbonyl (C=O) groups excluding carboxylic acids is 1. The van der Waals surface area contributed by atoms with Crippen molar-refractivity contribution in [3.63, 3.8) is 0 Å². The molecule has 3 N–H and O–H groups in total. The van der Waals surface area contributed by atoms with E-state index < -0.39 is 5.56 Å². The van der Waals surface area contributed by atoms with Crippen LogP contribution in [0, 0.1) is 0 Å². The molecule has 7 heteroatoms. The lowest BCUT2D eigenvalue weighted by molar-refractivity contribution is 0.0951. The number of aromatic amines is 1. The van der Waals surface area contributed by atoms with Gasteiger partial charge in [0.25, 0.3) is 11.5 Å². The zero-order valence-electron chi connectivity index (χ0n) is 14.1. The van der Waals surface area contributed by atoms with E-state index in [1.54, 1.807) is 24.5 Å². The van der Waals surface area contributed by atoms with Crippen molar-refractivity contribution in [1.82, 2.24) is 25.8 Å². The summed E-state index contributed by atoms with van der Waals surface area (Å²) in [5, 5.41) is 12.6. The van der Waals surface area contributed by atoms with Crippen molar-refractivity contribution in [1.29, 1.82) is 0 Å². The topological polar surface area (TPSA) is 99.8 Å². The summed E-state index contributed by atoms with van der Waals surface area (Å²) in [7, 11) is 0. The number of amides is 1. The number of carbonyl (C=O) groups is 1. The molecule has 1 saturated carbocycles. The Morgan fingerprint density at radius 3 is 2.68 bits per heavy atom. The molecule has 1 aliphatic rings. The molecule has 0 bridgehead atoms. The van der Waals surface area contributed by atoms with Gasteiger partial charge in [0, 0.05) is 37.1 Å². The Bertz CT molecular complexity index is 754. The van der Waals surface area contributed by atoms with E-state index in [-0.39, 0.29) is 11.5 Å². The Kier molecular flexibility index (Phi) is 5.90. The van der Waals surface area contributed by atoms with E-state index in [1.165, 1.54) is 38.2 Å². The minimum atomic E-state index is -0.490. The monoisotopic (exact) mass is 341 g/mol. The smallest absolute Gasteiger partial charge is 0.277 e. The molecule has 2 heterocycles. The van der Waals surface area contributed by atoms with E-state index in [9.17, 15) is 9.59 Å². The van der Waals surface area contributed by atoms with E-state index >= 15 is 0 Å². The first-order chi connectivity index (χ1) is 12.2. The average Bonchev–Trinajstić information content (AvgIpc) is 2.67. The normalized spacial score (nSPS) is 15.0. The molecular formula is C18H23N5O2. The summed E-state index contributed by atoms with van der Waals surface area (Å²) < 4.78 is 0. The van der Waals surface area contributed by atoms with Crippen LogP contribution in [0.1, 0.15) is 42.5 Å². The summed E-state index contributed by atoms with van der Waals surface area (Å²) in [6.07, 6.45) is 9.54. The molecule has 0 radical (unpaired) electrons. The van der Waals surface area contributed by atoms with E-state index in [0.29, 0.717) is 24.8 Å². The summed E-state index contributed by atoms with van der Waals surface area (Å²) in [6, 6.07) is 5.61. The molecule has 132 valence electrons. The largest absolute Gasteiger partial charge is 0.351 e. The highest BCUT2D eigenvalue weighted by molar-refractivity contribution is 5.94. The Labute approximate surface area is 146 Å². The van der Waals surface area contributed by atoms with Crippen LogP contribution in [0.25, 0.3) is 11.3 Å². The van der Waals surface area contributed by atoms with Crippen LogP contribution in [0.3, 0.4) is 0 Å². The molecule has 2 aromatic heterocycles. The zero-order valence-corrected chi connectivity index (χ0v) is 14.1. The van der Waals surface area contributed by atoms with Crippen molar-refractivity contribution >= 4 is 5.91 Å². The van der Waals surface area contributed by atoms with Crippen LogP contribution in [0.15, 0.2) is 35.4 Å². The van der Waals surface area contributed by atoms with Crippen LogP contribution in [0.5, 0.6) is 0 Å². The second-order valence-electron chi connectivity index (χ2n) is 6.28. The van der Waals surface area contributed by atoms with Gasteiger partial charge in [0.2, 0.25) is 0 Å². The van der Waals surface area contributed by atoms with Gasteiger partial charge in [-0.15, -0.1) is 0 Å². The van der Waals surface area contributed by atoms with Gasteiger partial charge in [0.05, 0.1) is 5.69 Å². The first kappa shape index (κ1) is 17.3. The molecule has 1 aliphatic carbocycles. The number of nitrogens with one attached hydrogen (secondary N) is 3. The molecule has 0 spiro atoms. The number of nitrogens with zero attached hydrogens (tertiary/aromatic N) is 2. The minimum Gasteiger partial charge on any atom is -0.351 e. The summed E-state index contributed by atoms with van der Waals surface area (Å²) in [6.45, 7) is 1.19. The molecule has 0 aliphatic heterocycles. The van der Waals surface area contributed by atoms with Gasteiger partial charge in [0.1, 0.15) is 5.56 Å². The summed E-state index contributed by atoms with van der Waals surface area (Å²) >= 11 is 0. The second-order valence-corrected chi connectivity index (χ2v) is 6.28. The second kappa shape index (κ2) is 8.53. The Morgan fingerprint density at radius 1 is 1.16 bits per heavy atom. The van der Waals surface area contributed by atoms with E-state index in [0.717, 1.165) is 5.56 Å². The van der Waals surface area contributed by atoms with Gasteiger partial charge in [0.15, 0.2) is 0 Å². The van der Waals surface area contributed by atoms with Gasteiger partial charge in [-0.25, -0.2) is 5.10 Å². The fraction of sp³-hybridized carbons (Fsp3) is 0.444. The maximum atomic E-state index is 12.3. The van der Waals surface area contributed by atoms with Crippen molar-refractivity contribution in [2.75, 3.05) is 13.1 Å². The van der Waals surface area contributed by atoms with Gasteiger partial charge in [-0.2, -0.15) is 5.10 Å². The van der Waals surface area contributed by atoms with E-state index in [4.69, 9.17) is 0 Å². The molecule has 0 unspecified atom stereocenters. The number of rotatable bonds is 6. The highest BCUT2D eigenvalue weighted by Crippen LogP contribution is 2.17. The number of hydrogen-bond acceptors (Lipinski definition) is 5. The summed E-state index contributed by atoms with van der Waals surface area (Å²) in [4.78, 5) is 28.2. The first-order valence-electron chi connectivity index (χ1n) is 8.76. The predicted molar refractivity (Wildman–Crippen MR) is 95.3 cm³/mol. The Morgan fingerprint density at radius 2 is 1.92 bits per heavy atom. The van der Waals surface area contributed by atoms with Crippen molar-refractivity contribution in [2.45, 2.75) is 38.1 Å². The summed E-state index contributed by atoms with van der Waals surface area (Å²) in [5.41, 5.74) is 0.904. The van der Waals surface area contributed by atoms with Crippen LogP contribution in [0.2, 0.25) is 0 Å². The van der Waals surface area contributed by atoms with Crippen LogP contribution < -0.4 is 16.2 Å². The lowest BCUT2D eigenvalue weighted by Gasteiger charge is -2.22. The third-order valence-electron chi connectivity index (χ3n) is 4.47. The molecule has 1 amide bonds. The number of H-pyrrole nitrogens is 1. The molecule has 0 saturated heterocycles. The Hall–Kier alpha value is -2.54. The minimum absolute atomic E-state index is 0.0690. The third-order valence-corrected chi connectivity index (χ3v) is 4.47. The van der Waals surface area contributed by atoms with E-state index in [2.05, 4.69) is 25.8 Å². The molecular weight excluding hydrogens is 318 g/mol. The number of pyridine rings is 1.